The van der Waals surface area contributed by atoms with Gasteiger partial charge in [-0.1, -0.05) is 32.9 Å². The molecule has 1 aliphatic rings. The van der Waals surface area contributed by atoms with Gasteiger partial charge in [0.2, 0.25) is 0 Å². The largest absolute Gasteiger partial charge is 0.385 e. The quantitative estimate of drug-likeness (QED) is 0.772. The van der Waals surface area contributed by atoms with Crippen molar-refractivity contribution in [3.05, 3.63) is 29.3 Å². The Morgan fingerprint density at radius 3 is 2.87 bits per heavy atom. The number of hydrogen-bond acceptors (Lipinski definition) is 1. The van der Waals surface area contributed by atoms with E-state index >= 15 is 0 Å². The average Bonchev–Trinajstić information content (AvgIpc) is 2.28. The van der Waals surface area contributed by atoms with Crippen molar-refractivity contribution >= 4 is 5.69 Å². The molecule has 0 radical (unpaired) electrons. The van der Waals surface area contributed by atoms with Crippen molar-refractivity contribution in [2.24, 2.45) is 0 Å². The molecule has 15 heavy (non-hydrogen) atoms. The van der Waals surface area contributed by atoms with E-state index in [-0.39, 0.29) is 0 Å². The smallest absolute Gasteiger partial charge is 0.0372 e. The van der Waals surface area contributed by atoms with Crippen molar-refractivity contribution in [3.63, 3.8) is 0 Å². The number of rotatable bonds is 2. The van der Waals surface area contributed by atoms with E-state index in [4.69, 9.17) is 0 Å². The molecular formula is C14H21N. The summed E-state index contributed by atoms with van der Waals surface area (Å²) in [5.74, 6) is 0. The van der Waals surface area contributed by atoms with Gasteiger partial charge in [0.25, 0.3) is 0 Å². The molecule has 0 fully saturated rings. The van der Waals surface area contributed by atoms with Crippen LogP contribution in [0.1, 0.15) is 44.7 Å². The van der Waals surface area contributed by atoms with E-state index in [9.17, 15) is 0 Å². The Labute approximate surface area is 92.9 Å². The molecule has 0 aliphatic carbocycles. The van der Waals surface area contributed by atoms with Gasteiger partial charge < -0.3 is 5.32 Å². The molecule has 1 N–H and O–H groups in total. The van der Waals surface area contributed by atoms with Crippen LogP contribution in [0.4, 0.5) is 5.69 Å². The van der Waals surface area contributed by atoms with Gasteiger partial charge in [-0.15, -0.1) is 0 Å². The number of benzene rings is 1. The number of hydrogen-bond donors (Lipinski definition) is 1. The van der Waals surface area contributed by atoms with Crippen LogP contribution in [0.5, 0.6) is 0 Å². The third kappa shape index (κ3) is 2.01. The lowest BCUT2D eigenvalue weighted by atomic mass is 9.81. The molecule has 1 heterocycles. The van der Waals surface area contributed by atoms with Crippen LogP contribution < -0.4 is 5.32 Å². The molecule has 0 saturated heterocycles. The maximum Gasteiger partial charge on any atom is 0.0372 e. The first kappa shape index (κ1) is 10.5. The maximum absolute atomic E-state index is 3.46. The number of aryl methyl sites for hydroxylation is 1. The summed E-state index contributed by atoms with van der Waals surface area (Å²) in [5.41, 5.74) is 4.64. The Bertz CT molecular complexity index is 352. The Hall–Kier alpha value is -0.980. The molecule has 1 aromatic rings. The highest BCUT2D eigenvalue weighted by Gasteiger charge is 2.19. The molecule has 2 rings (SSSR count). The van der Waals surface area contributed by atoms with Crippen molar-refractivity contribution in [1.29, 1.82) is 0 Å². The summed E-state index contributed by atoms with van der Waals surface area (Å²) in [7, 11) is 0. The van der Waals surface area contributed by atoms with E-state index in [1.165, 1.54) is 36.1 Å². The minimum absolute atomic E-state index is 0.312. The first-order valence-corrected chi connectivity index (χ1v) is 6.01. The second-order valence-corrected chi connectivity index (χ2v) is 5.14. The molecule has 0 bridgehead atoms. The van der Waals surface area contributed by atoms with Gasteiger partial charge in [0.05, 0.1) is 0 Å². The molecule has 1 heteroatoms. The van der Waals surface area contributed by atoms with Gasteiger partial charge in [0.15, 0.2) is 0 Å². The normalized spacial score (nSPS) is 15.7. The molecule has 82 valence electrons. The van der Waals surface area contributed by atoms with Crippen molar-refractivity contribution < 1.29 is 0 Å². The maximum atomic E-state index is 3.46. The third-order valence-electron chi connectivity index (χ3n) is 3.71. The molecule has 0 atom stereocenters. The fourth-order valence-corrected chi connectivity index (χ4v) is 2.10. The van der Waals surface area contributed by atoms with Crippen molar-refractivity contribution in [2.75, 3.05) is 11.9 Å². The molecule has 0 aromatic heterocycles. The SMILES string of the molecule is CCC(C)(C)c1ccc2c(c1)CCCN2. The molecule has 0 amide bonds. The Balaban J connectivity index is 2.36. The zero-order valence-electron chi connectivity index (χ0n) is 10.1. The monoisotopic (exact) mass is 203 g/mol. The van der Waals surface area contributed by atoms with Crippen LogP contribution in [0.3, 0.4) is 0 Å². The summed E-state index contributed by atoms with van der Waals surface area (Å²) < 4.78 is 0. The van der Waals surface area contributed by atoms with Gasteiger partial charge in [-0.25, -0.2) is 0 Å². The van der Waals surface area contributed by atoms with E-state index < -0.39 is 0 Å². The lowest BCUT2D eigenvalue weighted by molar-refractivity contribution is 0.505. The van der Waals surface area contributed by atoms with Crippen LogP contribution in [-0.4, -0.2) is 6.54 Å². The summed E-state index contributed by atoms with van der Waals surface area (Å²) in [4.78, 5) is 0. The molecular weight excluding hydrogens is 182 g/mol. The van der Waals surface area contributed by atoms with Crippen LogP contribution in [0.15, 0.2) is 18.2 Å². The van der Waals surface area contributed by atoms with Crippen LogP contribution in [0.2, 0.25) is 0 Å². The minimum Gasteiger partial charge on any atom is -0.385 e. The highest BCUT2D eigenvalue weighted by molar-refractivity contribution is 5.55. The van der Waals surface area contributed by atoms with E-state index in [0.29, 0.717) is 5.41 Å². The van der Waals surface area contributed by atoms with Crippen LogP contribution in [0, 0.1) is 0 Å². The van der Waals surface area contributed by atoms with E-state index in [0.717, 1.165) is 6.54 Å². The van der Waals surface area contributed by atoms with E-state index in [1.807, 2.05) is 0 Å². The Kier molecular flexibility index (Phi) is 2.72. The topological polar surface area (TPSA) is 12.0 Å². The third-order valence-corrected chi connectivity index (χ3v) is 3.71. The second-order valence-electron chi connectivity index (χ2n) is 5.14. The van der Waals surface area contributed by atoms with Gasteiger partial charge in [-0.2, -0.15) is 0 Å². The summed E-state index contributed by atoms with van der Waals surface area (Å²) >= 11 is 0. The summed E-state index contributed by atoms with van der Waals surface area (Å²) in [6, 6.07) is 6.92. The Morgan fingerprint density at radius 2 is 2.13 bits per heavy atom. The lowest BCUT2D eigenvalue weighted by Crippen LogP contribution is -2.18. The van der Waals surface area contributed by atoms with E-state index in [2.05, 4.69) is 44.3 Å². The first-order valence-electron chi connectivity index (χ1n) is 6.01. The van der Waals surface area contributed by atoms with Gasteiger partial charge >= 0.3 is 0 Å². The highest BCUT2D eigenvalue weighted by atomic mass is 14.9. The zero-order chi connectivity index (χ0) is 10.9. The summed E-state index contributed by atoms with van der Waals surface area (Å²) in [6.45, 7) is 8.04. The predicted octanol–water partition coefficient (Wildman–Crippen LogP) is 3.73. The fraction of sp³-hybridized carbons (Fsp3) is 0.571. The van der Waals surface area contributed by atoms with Gasteiger partial charge in [0, 0.05) is 12.2 Å². The van der Waals surface area contributed by atoms with Crippen LogP contribution in [-0.2, 0) is 11.8 Å². The summed E-state index contributed by atoms with van der Waals surface area (Å²) in [5, 5.41) is 3.46. The molecule has 1 aromatic carbocycles. The Morgan fingerprint density at radius 1 is 1.33 bits per heavy atom. The summed E-state index contributed by atoms with van der Waals surface area (Å²) in [6.07, 6.45) is 3.69. The molecule has 1 nitrogen and oxygen atoms in total. The standard InChI is InChI=1S/C14H21N/c1-4-14(2,3)12-7-8-13-11(10-12)6-5-9-15-13/h7-8,10,15H,4-6,9H2,1-3H3. The second kappa shape index (κ2) is 3.88. The number of anilines is 1. The predicted molar refractivity (Wildman–Crippen MR) is 66.6 cm³/mol. The van der Waals surface area contributed by atoms with Crippen molar-refractivity contribution in [2.45, 2.75) is 45.4 Å². The average molecular weight is 203 g/mol. The number of nitrogens with one attached hydrogen (secondary N) is 1. The minimum atomic E-state index is 0.312. The first-order chi connectivity index (χ1) is 7.13. The van der Waals surface area contributed by atoms with Crippen molar-refractivity contribution in [1.82, 2.24) is 0 Å². The van der Waals surface area contributed by atoms with Crippen LogP contribution in [0.25, 0.3) is 0 Å². The van der Waals surface area contributed by atoms with Gasteiger partial charge in [-0.05, 0) is 41.9 Å². The van der Waals surface area contributed by atoms with Gasteiger partial charge in [-0.3, -0.25) is 0 Å². The molecule has 1 aliphatic heterocycles. The molecule has 0 saturated carbocycles. The van der Waals surface area contributed by atoms with Crippen LogP contribution >= 0.6 is 0 Å². The lowest BCUT2D eigenvalue weighted by Gasteiger charge is -2.26. The molecule has 0 spiro atoms. The van der Waals surface area contributed by atoms with Gasteiger partial charge in [0.1, 0.15) is 0 Å². The fourth-order valence-electron chi connectivity index (χ4n) is 2.10. The number of fused-ring (bicyclic) bond motifs is 1. The van der Waals surface area contributed by atoms with E-state index in [1.54, 1.807) is 0 Å². The highest BCUT2D eigenvalue weighted by Crippen LogP contribution is 2.31. The van der Waals surface area contributed by atoms with Crippen molar-refractivity contribution in [3.8, 4) is 0 Å². The zero-order valence-corrected chi connectivity index (χ0v) is 10.1. The molecule has 0 unspecified atom stereocenters.